The highest BCUT2D eigenvalue weighted by atomic mass is 15.0. The van der Waals surface area contributed by atoms with Gasteiger partial charge in [0, 0.05) is 12.1 Å². The summed E-state index contributed by atoms with van der Waals surface area (Å²) in [6.45, 7) is 7.15. The molecule has 1 nitrogen and oxygen atoms in total. The van der Waals surface area contributed by atoms with Crippen LogP contribution in [-0.4, -0.2) is 12.1 Å². The van der Waals surface area contributed by atoms with Gasteiger partial charge >= 0.3 is 0 Å². The topological polar surface area (TPSA) is 12.0 Å². The number of rotatable bonds is 4. The second kappa shape index (κ2) is 4.86. The first-order valence-corrected chi connectivity index (χ1v) is 6.93. The normalized spacial score (nSPS) is 34.4. The van der Waals surface area contributed by atoms with Crippen LogP contribution in [0.15, 0.2) is 0 Å². The zero-order chi connectivity index (χ0) is 10.8. The van der Waals surface area contributed by atoms with E-state index >= 15 is 0 Å². The summed E-state index contributed by atoms with van der Waals surface area (Å²) < 4.78 is 0. The Morgan fingerprint density at radius 1 is 0.933 bits per heavy atom. The Bertz CT molecular complexity index is 186. The average molecular weight is 209 g/mol. The Morgan fingerprint density at radius 2 is 1.53 bits per heavy atom. The molecule has 1 atom stereocenters. The first kappa shape index (κ1) is 11.4. The smallest absolute Gasteiger partial charge is 0.0121 e. The van der Waals surface area contributed by atoms with E-state index in [-0.39, 0.29) is 0 Å². The van der Waals surface area contributed by atoms with Crippen LogP contribution in [0.25, 0.3) is 0 Å². The van der Waals surface area contributed by atoms with Gasteiger partial charge in [-0.2, -0.15) is 0 Å². The molecular weight excluding hydrogens is 182 g/mol. The summed E-state index contributed by atoms with van der Waals surface area (Å²) in [6.07, 6.45) is 8.65. The fraction of sp³-hybridized carbons (Fsp3) is 1.00. The van der Waals surface area contributed by atoms with Crippen LogP contribution in [0.1, 0.15) is 59.3 Å². The van der Waals surface area contributed by atoms with E-state index in [0.29, 0.717) is 0 Å². The highest BCUT2D eigenvalue weighted by molar-refractivity contribution is 4.91. The standard InChI is InChI=1S/C14H27N/c1-10(2)14(12-6-7-12)15-13-8-4-11(3)5-9-13/h10-15H,4-9H2,1-3H3. The Morgan fingerprint density at radius 3 is 2.00 bits per heavy atom. The summed E-state index contributed by atoms with van der Waals surface area (Å²) >= 11 is 0. The van der Waals surface area contributed by atoms with Crippen molar-refractivity contribution in [1.82, 2.24) is 5.32 Å². The summed E-state index contributed by atoms with van der Waals surface area (Å²) in [6, 6.07) is 1.64. The fourth-order valence-electron chi connectivity index (χ4n) is 3.03. The molecule has 1 N–H and O–H groups in total. The van der Waals surface area contributed by atoms with Crippen molar-refractivity contribution in [2.45, 2.75) is 71.4 Å². The van der Waals surface area contributed by atoms with E-state index in [1.165, 1.54) is 38.5 Å². The molecule has 0 spiro atoms. The Balaban J connectivity index is 1.78. The molecule has 0 aromatic heterocycles. The molecule has 0 saturated heterocycles. The van der Waals surface area contributed by atoms with Crippen LogP contribution in [-0.2, 0) is 0 Å². The molecule has 88 valence electrons. The number of nitrogens with one attached hydrogen (secondary N) is 1. The van der Waals surface area contributed by atoms with Crippen LogP contribution in [0.5, 0.6) is 0 Å². The third kappa shape index (κ3) is 3.21. The van der Waals surface area contributed by atoms with Crippen LogP contribution < -0.4 is 5.32 Å². The van der Waals surface area contributed by atoms with Gasteiger partial charge in [0.2, 0.25) is 0 Å². The van der Waals surface area contributed by atoms with Crippen molar-refractivity contribution < 1.29 is 0 Å². The van der Waals surface area contributed by atoms with E-state index in [1.54, 1.807) is 0 Å². The van der Waals surface area contributed by atoms with Crippen molar-refractivity contribution >= 4 is 0 Å². The van der Waals surface area contributed by atoms with E-state index in [1.807, 2.05) is 0 Å². The van der Waals surface area contributed by atoms with Crippen molar-refractivity contribution in [2.75, 3.05) is 0 Å². The summed E-state index contributed by atoms with van der Waals surface area (Å²) in [7, 11) is 0. The monoisotopic (exact) mass is 209 g/mol. The van der Waals surface area contributed by atoms with Crippen molar-refractivity contribution in [3.05, 3.63) is 0 Å². The molecule has 2 fully saturated rings. The third-order valence-electron chi connectivity index (χ3n) is 4.29. The van der Waals surface area contributed by atoms with Crippen LogP contribution in [0.3, 0.4) is 0 Å². The maximum absolute atomic E-state index is 3.94. The van der Waals surface area contributed by atoms with Gasteiger partial charge in [-0.05, 0) is 56.3 Å². The molecule has 0 bridgehead atoms. The van der Waals surface area contributed by atoms with Crippen molar-refractivity contribution in [1.29, 1.82) is 0 Å². The summed E-state index contributed by atoms with van der Waals surface area (Å²) in [5.41, 5.74) is 0. The highest BCUT2D eigenvalue weighted by Gasteiger charge is 2.34. The molecule has 1 unspecified atom stereocenters. The second-order valence-electron chi connectivity index (χ2n) is 6.23. The number of hydrogen-bond donors (Lipinski definition) is 1. The first-order valence-electron chi connectivity index (χ1n) is 6.93. The maximum Gasteiger partial charge on any atom is 0.0121 e. The van der Waals surface area contributed by atoms with Gasteiger partial charge in [-0.1, -0.05) is 20.8 Å². The van der Waals surface area contributed by atoms with Gasteiger partial charge in [-0.25, -0.2) is 0 Å². The lowest BCUT2D eigenvalue weighted by atomic mass is 9.86. The van der Waals surface area contributed by atoms with Crippen LogP contribution in [0, 0.1) is 17.8 Å². The minimum atomic E-state index is 0.809. The van der Waals surface area contributed by atoms with E-state index in [9.17, 15) is 0 Å². The molecule has 1 heteroatoms. The van der Waals surface area contributed by atoms with Crippen LogP contribution >= 0.6 is 0 Å². The van der Waals surface area contributed by atoms with Gasteiger partial charge < -0.3 is 5.32 Å². The molecule has 0 aromatic rings. The largest absolute Gasteiger partial charge is 0.311 e. The van der Waals surface area contributed by atoms with Crippen molar-refractivity contribution in [3.63, 3.8) is 0 Å². The number of hydrogen-bond acceptors (Lipinski definition) is 1. The first-order chi connectivity index (χ1) is 7.16. The van der Waals surface area contributed by atoms with Gasteiger partial charge in [0.05, 0.1) is 0 Å². The molecule has 15 heavy (non-hydrogen) atoms. The van der Waals surface area contributed by atoms with E-state index in [4.69, 9.17) is 0 Å². The van der Waals surface area contributed by atoms with E-state index in [0.717, 1.165) is 29.8 Å². The van der Waals surface area contributed by atoms with Crippen LogP contribution in [0.2, 0.25) is 0 Å². The zero-order valence-electron chi connectivity index (χ0n) is 10.6. The zero-order valence-corrected chi connectivity index (χ0v) is 10.6. The van der Waals surface area contributed by atoms with Gasteiger partial charge in [0.15, 0.2) is 0 Å². The predicted octanol–water partition coefficient (Wildman–Crippen LogP) is 3.59. The van der Waals surface area contributed by atoms with Crippen molar-refractivity contribution in [3.8, 4) is 0 Å². The van der Waals surface area contributed by atoms with Gasteiger partial charge in [0.1, 0.15) is 0 Å². The van der Waals surface area contributed by atoms with Gasteiger partial charge in [0.25, 0.3) is 0 Å². The van der Waals surface area contributed by atoms with Gasteiger partial charge in [-0.15, -0.1) is 0 Å². The molecule has 0 heterocycles. The molecule has 2 rings (SSSR count). The van der Waals surface area contributed by atoms with Gasteiger partial charge in [-0.3, -0.25) is 0 Å². The quantitative estimate of drug-likeness (QED) is 0.746. The summed E-state index contributed by atoms with van der Waals surface area (Å²) in [5.74, 6) is 2.79. The predicted molar refractivity (Wildman–Crippen MR) is 65.9 cm³/mol. The average Bonchev–Trinajstić information content (AvgIpc) is 3.00. The van der Waals surface area contributed by atoms with Crippen LogP contribution in [0.4, 0.5) is 0 Å². The minimum Gasteiger partial charge on any atom is -0.311 e. The molecular formula is C14H27N. The Hall–Kier alpha value is -0.0400. The molecule has 0 radical (unpaired) electrons. The Labute approximate surface area is 95.0 Å². The molecule has 2 aliphatic rings. The molecule has 2 aliphatic carbocycles. The lowest BCUT2D eigenvalue weighted by Gasteiger charge is -2.32. The van der Waals surface area contributed by atoms with E-state index in [2.05, 4.69) is 26.1 Å². The lowest BCUT2D eigenvalue weighted by Crippen LogP contribution is -2.44. The lowest BCUT2D eigenvalue weighted by molar-refractivity contribution is 0.249. The maximum atomic E-state index is 3.94. The molecule has 2 saturated carbocycles. The fourth-order valence-corrected chi connectivity index (χ4v) is 3.03. The Kier molecular flexibility index (Phi) is 3.71. The summed E-state index contributed by atoms with van der Waals surface area (Å²) in [4.78, 5) is 0. The minimum absolute atomic E-state index is 0.809. The molecule has 0 aromatic carbocycles. The van der Waals surface area contributed by atoms with Crippen molar-refractivity contribution in [2.24, 2.45) is 17.8 Å². The third-order valence-corrected chi connectivity index (χ3v) is 4.29. The van der Waals surface area contributed by atoms with E-state index < -0.39 is 0 Å². The highest BCUT2D eigenvalue weighted by Crippen LogP contribution is 2.36. The molecule has 0 aliphatic heterocycles. The SMILES string of the molecule is CC1CCC(NC(C(C)C)C2CC2)CC1. The summed E-state index contributed by atoms with van der Waals surface area (Å²) in [5, 5.41) is 3.94. The molecule has 0 amide bonds. The second-order valence-corrected chi connectivity index (χ2v) is 6.23.